The lowest BCUT2D eigenvalue weighted by Crippen LogP contribution is -2.44. The minimum absolute atomic E-state index is 0.00339. The monoisotopic (exact) mass is 724 g/mol. The van der Waals surface area contributed by atoms with Gasteiger partial charge in [0.15, 0.2) is 11.2 Å². The lowest BCUT2D eigenvalue weighted by Gasteiger charge is -2.21. The Labute approximate surface area is 291 Å². The Morgan fingerprint density at radius 1 is 0.540 bits per heavy atom. The summed E-state index contributed by atoms with van der Waals surface area (Å²) >= 11 is 0. The van der Waals surface area contributed by atoms with Crippen LogP contribution in [-0.4, -0.2) is 113 Å². The van der Waals surface area contributed by atoms with Crippen molar-refractivity contribution in [1.82, 2.24) is 0 Å². The quantitative estimate of drug-likeness (QED) is 0.0312. The second kappa shape index (κ2) is 28.1. The molecule has 0 aliphatic carbocycles. The number of carbonyl (C=O) groups excluding carboxylic acids is 3. The molecule has 50 heavy (non-hydrogen) atoms. The van der Waals surface area contributed by atoms with Crippen LogP contribution < -0.4 is 0 Å². The Balaban J connectivity index is 0. The van der Waals surface area contributed by atoms with E-state index in [0.29, 0.717) is 6.42 Å². The van der Waals surface area contributed by atoms with E-state index >= 15 is 0 Å². The third-order valence-electron chi connectivity index (χ3n) is 7.42. The highest BCUT2D eigenvalue weighted by Gasteiger charge is 2.43. The first kappa shape index (κ1) is 48.4. The van der Waals surface area contributed by atoms with Crippen LogP contribution >= 0.6 is 0 Å². The van der Waals surface area contributed by atoms with Crippen molar-refractivity contribution in [3.05, 3.63) is 0 Å². The van der Waals surface area contributed by atoms with Crippen molar-refractivity contribution >= 4 is 41.8 Å². The summed E-state index contributed by atoms with van der Waals surface area (Å²) < 4.78 is 9.14. The molecule has 0 aromatic rings. The van der Waals surface area contributed by atoms with E-state index in [1.54, 1.807) is 0 Å². The Hall–Kier alpha value is -3.67. The Bertz CT molecular complexity index is 1030. The zero-order chi connectivity index (χ0) is 38.6. The largest absolute Gasteiger partial charge is 0.481 e. The van der Waals surface area contributed by atoms with Gasteiger partial charge in [0.25, 0.3) is 0 Å². The van der Waals surface area contributed by atoms with Crippen molar-refractivity contribution in [1.29, 1.82) is 0 Å². The van der Waals surface area contributed by atoms with Crippen LogP contribution in [0.1, 0.15) is 135 Å². The highest BCUT2D eigenvalue weighted by Crippen LogP contribution is 2.19. The number of rotatable bonds is 29. The summed E-state index contributed by atoms with van der Waals surface area (Å²) in [4.78, 5) is 77.3. The van der Waals surface area contributed by atoms with Crippen molar-refractivity contribution in [3.63, 3.8) is 0 Å². The van der Waals surface area contributed by atoms with Gasteiger partial charge in [0.05, 0.1) is 32.3 Å². The number of unbranched alkanes of at least 4 members (excludes halogenated alkanes) is 14. The van der Waals surface area contributed by atoms with E-state index in [2.05, 4.69) is 16.4 Å². The van der Waals surface area contributed by atoms with Gasteiger partial charge in [-0.2, -0.15) is 0 Å². The second-order valence-electron chi connectivity index (χ2n) is 12.2. The number of ether oxygens (including phenoxy) is 2. The van der Waals surface area contributed by atoms with Gasteiger partial charge in [0.2, 0.25) is 0 Å². The number of esters is 3. The summed E-state index contributed by atoms with van der Waals surface area (Å²) in [6.07, 6.45) is 11.8. The molecule has 0 radical (unpaired) electrons. The van der Waals surface area contributed by atoms with Gasteiger partial charge in [-0.05, 0) is 6.42 Å². The lowest BCUT2D eigenvalue weighted by molar-refractivity contribution is -0.176. The molecule has 8 N–H and O–H groups in total. The number of hydrogen-bond acceptors (Lipinski definition) is 13. The van der Waals surface area contributed by atoms with Gasteiger partial charge in [-0.15, -0.1) is 0 Å². The van der Waals surface area contributed by atoms with Gasteiger partial charge in [0, 0.05) is 6.42 Å². The van der Waals surface area contributed by atoms with E-state index < -0.39 is 98.0 Å². The zero-order valence-corrected chi connectivity index (χ0v) is 28.9. The molecule has 290 valence electrons. The normalized spacial score (nSPS) is 12.8. The van der Waals surface area contributed by atoms with Crippen LogP contribution in [-0.2, 0) is 43.0 Å². The summed E-state index contributed by atoms with van der Waals surface area (Å²) in [5.74, 6) is -10.2. The average molecular weight is 725 g/mol. The lowest BCUT2D eigenvalue weighted by atomic mass is 9.96. The molecule has 2 unspecified atom stereocenters. The minimum Gasteiger partial charge on any atom is -0.481 e. The minimum atomic E-state index is -2.83. The molecule has 0 spiro atoms. The van der Waals surface area contributed by atoms with Crippen LogP contribution in [0.25, 0.3) is 0 Å². The van der Waals surface area contributed by atoms with Crippen LogP contribution in [0.3, 0.4) is 0 Å². The standard InChI is InChI=1S/C27H48O10.C6H8O7/c1-2-3-4-5-6-7-8-9-10-11-12-13-14-15-16-17-23(30)37-25(32)19-27(35,26(33)34)18-24(31)36-21-22(29)20-28;7-3(8)1-6(13,5(11)12)2-4(9)10/h22,28-29,35H,2-21H2,1H3,(H,33,34);13H,1-2H2,(H,7,8)(H,9,10)(H,11,12). The first-order chi connectivity index (χ1) is 23.4. The van der Waals surface area contributed by atoms with Crippen LogP contribution in [0.4, 0.5) is 0 Å². The molecule has 0 aromatic carbocycles. The smallest absolute Gasteiger partial charge is 0.336 e. The summed E-state index contributed by atoms with van der Waals surface area (Å²) in [6, 6.07) is 0. The third-order valence-corrected chi connectivity index (χ3v) is 7.42. The van der Waals surface area contributed by atoms with E-state index in [9.17, 15) is 43.8 Å². The first-order valence-corrected chi connectivity index (χ1v) is 17.0. The number of carboxylic acid groups (broad SMARTS) is 4. The van der Waals surface area contributed by atoms with Crippen molar-refractivity contribution in [2.24, 2.45) is 0 Å². The van der Waals surface area contributed by atoms with Crippen molar-refractivity contribution in [3.8, 4) is 0 Å². The van der Waals surface area contributed by atoms with Crippen molar-refractivity contribution in [2.45, 2.75) is 153 Å². The predicted molar refractivity (Wildman–Crippen MR) is 174 cm³/mol. The maximum absolute atomic E-state index is 11.9. The SMILES string of the molecule is CCCCCCCCCCCCCCCCCC(=O)OC(=O)CC(O)(CC(=O)OCC(O)CO)C(=O)O.O=C(O)CC(O)(CC(=O)O)C(=O)O. The fraction of sp³-hybridized carbons (Fsp3) is 0.788. The number of carbonyl (C=O) groups is 7. The van der Waals surface area contributed by atoms with Crippen LogP contribution in [0.5, 0.6) is 0 Å². The topological polar surface area (TPSA) is 300 Å². The van der Waals surface area contributed by atoms with Gasteiger partial charge in [-0.3, -0.25) is 24.0 Å². The highest BCUT2D eigenvalue weighted by molar-refractivity contribution is 5.92. The fourth-order valence-corrected chi connectivity index (χ4v) is 4.55. The molecule has 0 bridgehead atoms. The average Bonchev–Trinajstić information content (AvgIpc) is 3.00. The number of hydrogen-bond donors (Lipinski definition) is 8. The van der Waals surface area contributed by atoms with E-state index in [4.69, 9.17) is 30.6 Å². The van der Waals surface area contributed by atoms with E-state index in [-0.39, 0.29) is 6.42 Å². The molecule has 0 saturated carbocycles. The molecule has 0 aliphatic heterocycles. The van der Waals surface area contributed by atoms with Gasteiger partial charge in [0.1, 0.15) is 12.7 Å². The van der Waals surface area contributed by atoms with Crippen LogP contribution in [0.2, 0.25) is 0 Å². The van der Waals surface area contributed by atoms with Crippen LogP contribution in [0.15, 0.2) is 0 Å². The summed E-state index contributed by atoms with van der Waals surface area (Å²) in [6.45, 7) is 0.950. The molecular formula is C33H56O17. The molecule has 0 aromatic heterocycles. The predicted octanol–water partition coefficient (Wildman–Crippen LogP) is 2.56. The summed E-state index contributed by atoms with van der Waals surface area (Å²) in [7, 11) is 0. The second-order valence-corrected chi connectivity index (χ2v) is 12.2. The van der Waals surface area contributed by atoms with E-state index in [1.807, 2.05) is 0 Å². The molecule has 2 atom stereocenters. The number of aliphatic hydroxyl groups excluding tert-OH is 2. The molecule has 0 saturated heterocycles. The molecule has 0 fully saturated rings. The summed E-state index contributed by atoms with van der Waals surface area (Å²) in [5.41, 5.74) is -5.56. The highest BCUT2D eigenvalue weighted by atomic mass is 16.6. The van der Waals surface area contributed by atoms with Gasteiger partial charge in [-0.1, -0.05) is 96.8 Å². The summed E-state index contributed by atoms with van der Waals surface area (Å²) in [5, 5.41) is 71.0. The van der Waals surface area contributed by atoms with Crippen LogP contribution in [0, 0.1) is 0 Å². The van der Waals surface area contributed by atoms with Gasteiger partial charge in [-0.25, -0.2) is 9.59 Å². The maximum atomic E-state index is 11.9. The molecule has 17 nitrogen and oxygen atoms in total. The van der Waals surface area contributed by atoms with Gasteiger partial charge >= 0.3 is 41.8 Å². The van der Waals surface area contributed by atoms with Crippen molar-refractivity contribution < 1.29 is 83.9 Å². The molecule has 0 rings (SSSR count). The molecule has 0 amide bonds. The van der Waals surface area contributed by atoms with Crippen molar-refractivity contribution in [2.75, 3.05) is 13.2 Å². The van der Waals surface area contributed by atoms with E-state index in [1.165, 1.54) is 64.2 Å². The molecule has 17 heteroatoms. The van der Waals surface area contributed by atoms with E-state index in [0.717, 1.165) is 25.7 Å². The molecular weight excluding hydrogens is 668 g/mol. The number of aliphatic hydroxyl groups is 4. The maximum Gasteiger partial charge on any atom is 0.336 e. The molecule has 0 aliphatic rings. The Kier molecular flexibility index (Phi) is 27.2. The fourth-order valence-electron chi connectivity index (χ4n) is 4.55. The number of carboxylic acids is 4. The number of aliphatic carboxylic acids is 4. The zero-order valence-electron chi connectivity index (χ0n) is 28.9. The first-order valence-electron chi connectivity index (χ1n) is 17.0. The Morgan fingerprint density at radius 3 is 1.26 bits per heavy atom. The Morgan fingerprint density at radius 2 is 0.900 bits per heavy atom. The molecule has 0 heterocycles. The third kappa shape index (κ3) is 26.2. The van der Waals surface area contributed by atoms with Gasteiger partial charge < -0.3 is 50.3 Å².